The van der Waals surface area contributed by atoms with Crippen molar-refractivity contribution in [3.63, 3.8) is 0 Å². The molecule has 4 heteroatoms. The second kappa shape index (κ2) is 6.52. The standard InChI is InChI=1S/C14H20N2O2/c17-7-6-16(11-12-4-2-1-3-5-12)14(18)8-13-9-15-10-13/h1-5,13,15,17H,6-11H2. The Balaban J connectivity index is 1.91. The second-order valence-corrected chi connectivity index (χ2v) is 4.75. The number of aliphatic hydroxyl groups excluding tert-OH is 1. The number of carbonyl (C=O) groups excluding carboxylic acids is 1. The van der Waals surface area contributed by atoms with E-state index >= 15 is 0 Å². The van der Waals surface area contributed by atoms with Crippen LogP contribution in [0, 0.1) is 5.92 Å². The van der Waals surface area contributed by atoms with Crippen molar-refractivity contribution in [2.45, 2.75) is 13.0 Å². The Kier molecular flexibility index (Phi) is 4.73. The number of hydrogen-bond acceptors (Lipinski definition) is 3. The van der Waals surface area contributed by atoms with Gasteiger partial charge >= 0.3 is 0 Å². The van der Waals surface area contributed by atoms with Gasteiger partial charge < -0.3 is 15.3 Å². The molecule has 18 heavy (non-hydrogen) atoms. The van der Waals surface area contributed by atoms with Gasteiger partial charge in [0.15, 0.2) is 0 Å². The van der Waals surface area contributed by atoms with Gasteiger partial charge in [0.1, 0.15) is 0 Å². The molecule has 0 aromatic heterocycles. The minimum atomic E-state index is 0.0154. The first-order chi connectivity index (χ1) is 8.79. The molecule has 1 aromatic rings. The van der Waals surface area contributed by atoms with Crippen molar-refractivity contribution >= 4 is 5.91 Å². The highest BCUT2D eigenvalue weighted by Crippen LogP contribution is 2.12. The van der Waals surface area contributed by atoms with Crippen LogP contribution >= 0.6 is 0 Å². The molecular weight excluding hydrogens is 228 g/mol. The lowest BCUT2D eigenvalue weighted by Crippen LogP contribution is -2.45. The minimum absolute atomic E-state index is 0.0154. The lowest BCUT2D eigenvalue weighted by molar-refractivity contribution is -0.133. The van der Waals surface area contributed by atoms with E-state index in [1.54, 1.807) is 4.90 Å². The van der Waals surface area contributed by atoms with Crippen molar-refractivity contribution in [3.05, 3.63) is 35.9 Å². The molecule has 1 aliphatic heterocycles. The number of amides is 1. The highest BCUT2D eigenvalue weighted by Gasteiger charge is 2.23. The first-order valence-corrected chi connectivity index (χ1v) is 6.43. The number of carbonyl (C=O) groups is 1. The fourth-order valence-corrected chi connectivity index (χ4v) is 2.09. The summed E-state index contributed by atoms with van der Waals surface area (Å²) in [5.41, 5.74) is 1.10. The third-order valence-corrected chi connectivity index (χ3v) is 3.27. The Labute approximate surface area is 108 Å². The van der Waals surface area contributed by atoms with E-state index in [-0.39, 0.29) is 12.5 Å². The van der Waals surface area contributed by atoms with Gasteiger partial charge in [0.05, 0.1) is 6.61 Å². The zero-order chi connectivity index (χ0) is 12.8. The normalized spacial score (nSPS) is 15.2. The van der Waals surface area contributed by atoms with Gasteiger partial charge in [0, 0.05) is 19.5 Å². The fourth-order valence-electron chi connectivity index (χ4n) is 2.09. The van der Waals surface area contributed by atoms with Crippen molar-refractivity contribution in [1.82, 2.24) is 10.2 Å². The topological polar surface area (TPSA) is 52.6 Å². The molecule has 4 nitrogen and oxygen atoms in total. The maximum Gasteiger partial charge on any atom is 0.223 e. The molecular formula is C14H20N2O2. The van der Waals surface area contributed by atoms with Crippen LogP contribution in [0.5, 0.6) is 0 Å². The number of hydrogen-bond donors (Lipinski definition) is 2. The summed E-state index contributed by atoms with van der Waals surface area (Å²) in [5.74, 6) is 0.605. The van der Waals surface area contributed by atoms with Crippen LogP contribution in [0.3, 0.4) is 0 Å². The lowest BCUT2D eigenvalue weighted by Gasteiger charge is -2.29. The summed E-state index contributed by atoms with van der Waals surface area (Å²) in [4.78, 5) is 13.9. The predicted molar refractivity (Wildman–Crippen MR) is 69.9 cm³/mol. The SMILES string of the molecule is O=C(CC1CNC1)N(CCO)Cc1ccccc1. The number of rotatable bonds is 6. The van der Waals surface area contributed by atoms with Crippen LogP contribution < -0.4 is 5.32 Å². The van der Waals surface area contributed by atoms with E-state index in [0.29, 0.717) is 25.4 Å². The van der Waals surface area contributed by atoms with Gasteiger partial charge in [0.2, 0.25) is 5.91 Å². The van der Waals surface area contributed by atoms with E-state index in [9.17, 15) is 4.79 Å². The Morgan fingerprint density at radius 1 is 1.33 bits per heavy atom. The molecule has 0 bridgehead atoms. The summed E-state index contributed by atoms with van der Waals surface area (Å²) in [7, 11) is 0. The van der Waals surface area contributed by atoms with E-state index < -0.39 is 0 Å². The molecule has 1 amide bonds. The van der Waals surface area contributed by atoms with Gasteiger partial charge in [-0.3, -0.25) is 4.79 Å². The number of nitrogens with one attached hydrogen (secondary N) is 1. The highest BCUT2D eigenvalue weighted by molar-refractivity contribution is 5.76. The fraction of sp³-hybridized carbons (Fsp3) is 0.500. The summed E-state index contributed by atoms with van der Waals surface area (Å²) in [6.07, 6.45) is 0.583. The summed E-state index contributed by atoms with van der Waals surface area (Å²) in [6.45, 7) is 2.88. The molecule has 1 aliphatic rings. The predicted octanol–water partition coefficient (Wildman–Crippen LogP) is 0.617. The van der Waals surface area contributed by atoms with Crippen LogP contribution in [0.1, 0.15) is 12.0 Å². The summed E-state index contributed by atoms with van der Waals surface area (Å²) < 4.78 is 0. The molecule has 0 saturated carbocycles. The van der Waals surface area contributed by atoms with Crippen LogP contribution in [-0.4, -0.2) is 42.2 Å². The van der Waals surface area contributed by atoms with Gasteiger partial charge in [-0.2, -0.15) is 0 Å². The number of aliphatic hydroxyl groups is 1. The average Bonchev–Trinajstić information content (AvgIpc) is 2.34. The zero-order valence-electron chi connectivity index (χ0n) is 10.5. The van der Waals surface area contributed by atoms with Gasteiger partial charge in [-0.15, -0.1) is 0 Å². The van der Waals surface area contributed by atoms with E-state index in [1.807, 2.05) is 30.3 Å². The first kappa shape index (κ1) is 13.1. The molecule has 1 heterocycles. The lowest BCUT2D eigenvalue weighted by atomic mass is 9.98. The van der Waals surface area contributed by atoms with E-state index in [0.717, 1.165) is 18.7 Å². The molecule has 98 valence electrons. The molecule has 2 rings (SSSR count). The summed E-state index contributed by atoms with van der Waals surface area (Å²) in [6, 6.07) is 9.90. The molecule has 1 fully saturated rings. The summed E-state index contributed by atoms with van der Waals surface area (Å²) >= 11 is 0. The largest absolute Gasteiger partial charge is 0.395 e. The highest BCUT2D eigenvalue weighted by atomic mass is 16.3. The third kappa shape index (κ3) is 3.55. The monoisotopic (exact) mass is 248 g/mol. The number of benzene rings is 1. The van der Waals surface area contributed by atoms with Crippen LogP contribution in [0.25, 0.3) is 0 Å². The van der Waals surface area contributed by atoms with Crippen molar-refractivity contribution < 1.29 is 9.90 Å². The van der Waals surface area contributed by atoms with E-state index in [1.165, 1.54) is 0 Å². The maximum absolute atomic E-state index is 12.1. The van der Waals surface area contributed by atoms with Gasteiger partial charge in [-0.05, 0) is 24.6 Å². The molecule has 2 N–H and O–H groups in total. The van der Waals surface area contributed by atoms with Gasteiger partial charge in [0.25, 0.3) is 0 Å². The second-order valence-electron chi connectivity index (χ2n) is 4.75. The van der Waals surface area contributed by atoms with E-state index in [2.05, 4.69) is 5.32 Å². The van der Waals surface area contributed by atoms with Crippen molar-refractivity contribution in [3.8, 4) is 0 Å². The Morgan fingerprint density at radius 2 is 2.06 bits per heavy atom. The zero-order valence-corrected chi connectivity index (χ0v) is 10.5. The minimum Gasteiger partial charge on any atom is -0.395 e. The maximum atomic E-state index is 12.1. The molecule has 0 aliphatic carbocycles. The molecule has 0 unspecified atom stereocenters. The molecule has 1 aromatic carbocycles. The van der Waals surface area contributed by atoms with E-state index in [4.69, 9.17) is 5.11 Å². The Bertz CT molecular complexity index is 377. The first-order valence-electron chi connectivity index (χ1n) is 6.43. The van der Waals surface area contributed by atoms with Crippen molar-refractivity contribution in [2.75, 3.05) is 26.2 Å². The molecule has 1 saturated heterocycles. The molecule has 0 atom stereocenters. The van der Waals surface area contributed by atoms with Crippen LogP contribution in [-0.2, 0) is 11.3 Å². The van der Waals surface area contributed by atoms with Crippen molar-refractivity contribution in [1.29, 1.82) is 0 Å². The quantitative estimate of drug-likeness (QED) is 0.776. The van der Waals surface area contributed by atoms with Gasteiger partial charge in [-0.1, -0.05) is 30.3 Å². The van der Waals surface area contributed by atoms with Crippen LogP contribution in [0.15, 0.2) is 30.3 Å². The average molecular weight is 248 g/mol. The molecule has 0 radical (unpaired) electrons. The Hall–Kier alpha value is -1.39. The Morgan fingerprint density at radius 3 is 2.61 bits per heavy atom. The third-order valence-electron chi connectivity index (χ3n) is 3.27. The van der Waals surface area contributed by atoms with Crippen LogP contribution in [0.4, 0.5) is 0 Å². The molecule has 0 spiro atoms. The number of nitrogens with zero attached hydrogens (tertiary/aromatic N) is 1. The summed E-state index contributed by atoms with van der Waals surface area (Å²) in [5, 5.41) is 12.2. The van der Waals surface area contributed by atoms with Crippen LogP contribution in [0.2, 0.25) is 0 Å². The smallest absolute Gasteiger partial charge is 0.223 e. The van der Waals surface area contributed by atoms with Gasteiger partial charge in [-0.25, -0.2) is 0 Å². The van der Waals surface area contributed by atoms with Crippen molar-refractivity contribution in [2.24, 2.45) is 5.92 Å².